The third-order valence-corrected chi connectivity index (χ3v) is 4.31. The van der Waals surface area contributed by atoms with Crippen LogP contribution in [0.15, 0.2) is 34.2 Å². The highest BCUT2D eigenvalue weighted by Crippen LogP contribution is 2.29. The SMILES string of the molecule is CCNC(Cc1nccs1)c1ccc(OC)c(Br)c1. The van der Waals surface area contributed by atoms with Gasteiger partial charge in [-0.25, -0.2) is 4.98 Å². The summed E-state index contributed by atoms with van der Waals surface area (Å²) in [4.78, 5) is 4.36. The van der Waals surface area contributed by atoms with Gasteiger partial charge in [0, 0.05) is 24.0 Å². The smallest absolute Gasteiger partial charge is 0.133 e. The van der Waals surface area contributed by atoms with E-state index < -0.39 is 0 Å². The van der Waals surface area contributed by atoms with Gasteiger partial charge >= 0.3 is 0 Å². The fourth-order valence-corrected chi connectivity index (χ4v) is 3.20. The van der Waals surface area contributed by atoms with Crippen LogP contribution in [0.25, 0.3) is 0 Å². The first-order valence-electron chi connectivity index (χ1n) is 6.19. The van der Waals surface area contributed by atoms with Gasteiger partial charge in [0.1, 0.15) is 5.75 Å². The molecular weight excluding hydrogens is 324 g/mol. The first kappa shape index (κ1) is 14.5. The summed E-state index contributed by atoms with van der Waals surface area (Å²) in [6.07, 6.45) is 2.76. The number of benzene rings is 1. The average Bonchev–Trinajstić information content (AvgIpc) is 2.91. The molecule has 0 spiro atoms. The molecule has 102 valence electrons. The summed E-state index contributed by atoms with van der Waals surface area (Å²) in [5.41, 5.74) is 1.24. The fourth-order valence-electron chi connectivity index (χ4n) is 1.98. The Hall–Kier alpha value is -0.910. The highest BCUT2D eigenvalue weighted by Gasteiger charge is 2.14. The number of hydrogen-bond acceptors (Lipinski definition) is 4. The molecular formula is C14H17BrN2OS. The van der Waals surface area contributed by atoms with Gasteiger partial charge in [-0.05, 0) is 40.2 Å². The lowest BCUT2D eigenvalue weighted by atomic mass is 10.0. The van der Waals surface area contributed by atoms with Crippen LogP contribution in [0.5, 0.6) is 5.75 Å². The number of methoxy groups -OCH3 is 1. The van der Waals surface area contributed by atoms with Crippen molar-refractivity contribution in [1.82, 2.24) is 10.3 Å². The van der Waals surface area contributed by atoms with Gasteiger partial charge in [-0.15, -0.1) is 11.3 Å². The molecule has 19 heavy (non-hydrogen) atoms. The molecule has 0 fully saturated rings. The summed E-state index contributed by atoms with van der Waals surface area (Å²) in [6.45, 7) is 3.05. The highest BCUT2D eigenvalue weighted by molar-refractivity contribution is 9.10. The summed E-state index contributed by atoms with van der Waals surface area (Å²) < 4.78 is 6.25. The van der Waals surface area contributed by atoms with Crippen LogP contribution in [-0.4, -0.2) is 18.6 Å². The number of hydrogen-bond donors (Lipinski definition) is 1. The van der Waals surface area contributed by atoms with Crippen LogP contribution >= 0.6 is 27.3 Å². The highest BCUT2D eigenvalue weighted by atomic mass is 79.9. The van der Waals surface area contributed by atoms with E-state index in [0.29, 0.717) is 0 Å². The Bertz CT molecular complexity index is 516. The first-order chi connectivity index (χ1) is 9.24. The average molecular weight is 341 g/mol. The Labute approximate surface area is 126 Å². The van der Waals surface area contributed by atoms with Crippen molar-refractivity contribution in [2.75, 3.05) is 13.7 Å². The molecule has 2 aromatic rings. The quantitative estimate of drug-likeness (QED) is 0.868. The van der Waals surface area contributed by atoms with E-state index in [1.54, 1.807) is 18.4 Å². The van der Waals surface area contributed by atoms with Crippen molar-refractivity contribution < 1.29 is 4.74 Å². The number of ether oxygens (including phenoxy) is 1. The van der Waals surface area contributed by atoms with E-state index in [0.717, 1.165) is 28.2 Å². The molecule has 1 heterocycles. The number of likely N-dealkylation sites (N-methyl/N-ethyl adjacent to an activating group) is 1. The molecule has 0 aliphatic carbocycles. The largest absolute Gasteiger partial charge is 0.496 e. The molecule has 0 saturated carbocycles. The normalized spacial score (nSPS) is 12.4. The van der Waals surface area contributed by atoms with Gasteiger partial charge in [0.25, 0.3) is 0 Å². The van der Waals surface area contributed by atoms with E-state index in [2.05, 4.69) is 45.3 Å². The standard InChI is InChI=1S/C14H17BrN2OS/c1-3-16-12(9-14-17-6-7-19-14)10-4-5-13(18-2)11(15)8-10/h4-8,12,16H,3,9H2,1-2H3. The summed E-state index contributed by atoms with van der Waals surface area (Å²) in [5.74, 6) is 0.855. The number of aromatic nitrogens is 1. The van der Waals surface area contributed by atoms with Crippen LogP contribution in [0.3, 0.4) is 0 Å². The number of halogens is 1. The monoisotopic (exact) mass is 340 g/mol. The third-order valence-electron chi connectivity index (χ3n) is 2.89. The third kappa shape index (κ3) is 3.78. The molecule has 0 amide bonds. The molecule has 2 rings (SSSR count). The molecule has 3 nitrogen and oxygen atoms in total. The maximum absolute atomic E-state index is 5.27. The molecule has 1 aromatic carbocycles. The second kappa shape index (κ2) is 7.03. The predicted molar refractivity (Wildman–Crippen MR) is 82.9 cm³/mol. The van der Waals surface area contributed by atoms with Crippen molar-refractivity contribution in [2.24, 2.45) is 0 Å². The molecule has 0 bridgehead atoms. The summed E-state index contributed by atoms with van der Waals surface area (Å²) in [5, 5.41) is 6.67. The van der Waals surface area contributed by atoms with Crippen molar-refractivity contribution in [3.8, 4) is 5.75 Å². The van der Waals surface area contributed by atoms with Crippen LogP contribution in [0, 0.1) is 0 Å². The van der Waals surface area contributed by atoms with Gasteiger partial charge in [-0.2, -0.15) is 0 Å². The zero-order chi connectivity index (χ0) is 13.7. The van der Waals surface area contributed by atoms with E-state index in [-0.39, 0.29) is 6.04 Å². The molecule has 1 aromatic heterocycles. The number of thiazole rings is 1. The maximum Gasteiger partial charge on any atom is 0.133 e. The van der Waals surface area contributed by atoms with Gasteiger partial charge in [0.2, 0.25) is 0 Å². The maximum atomic E-state index is 5.27. The minimum absolute atomic E-state index is 0.276. The summed E-state index contributed by atoms with van der Waals surface area (Å²) in [7, 11) is 1.68. The van der Waals surface area contributed by atoms with E-state index in [4.69, 9.17) is 4.74 Å². The minimum atomic E-state index is 0.276. The van der Waals surface area contributed by atoms with Crippen molar-refractivity contribution in [3.63, 3.8) is 0 Å². The Balaban J connectivity index is 2.20. The van der Waals surface area contributed by atoms with E-state index >= 15 is 0 Å². The topological polar surface area (TPSA) is 34.2 Å². The van der Waals surface area contributed by atoms with E-state index in [1.807, 2.05) is 17.6 Å². The number of nitrogens with one attached hydrogen (secondary N) is 1. The molecule has 0 radical (unpaired) electrons. The zero-order valence-corrected chi connectivity index (χ0v) is 13.4. The second-order valence-electron chi connectivity index (χ2n) is 4.13. The van der Waals surface area contributed by atoms with Crippen molar-refractivity contribution in [2.45, 2.75) is 19.4 Å². The van der Waals surface area contributed by atoms with Crippen molar-refractivity contribution in [3.05, 3.63) is 44.8 Å². The molecule has 0 aliphatic rings. The minimum Gasteiger partial charge on any atom is -0.496 e. The van der Waals surface area contributed by atoms with Gasteiger partial charge in [-0.1, -0.05) is 13.0 Å². The molecule has 1 unspecified atom stereocenters. The lowest BCUT2D eigenvalue weighted by molar-refractivity contribution is 0.411. The number of rotatable bonds is 6. The van der Waals surface area contributed by atoms with E-state index in [9.17, 15) is 0 Å². The van der Waals surface area contributed by atoms with Gasteiger partial charge in [0.05, 0.1) is 16.6 Å². The molecule has 1 N–H and O–H groups in total. The predicted octanol–water partition coefficient (Wildman–Crippen LogP) is 3.81. The molecule has 5 heteroatoms. The molecule has 1 atom stereocenters. The Kier molecular flexibility index (Phi) is 5.36. The lowest BCUT2D eigenvalue weighted by Gasteiger charge is -2.18. The van der Waals surface area contributed by atoms with E-state index in [1.165, 1.54) is 5.56 Å². The molecule has 0 saturated heterocycles. The zero-order valence-electron chi connectivity index (χ0n) is 11.0. The van der Waals surface area contributed by atoms with Crippen LogP contribution in [0.2, 0.25) is 0 Å². The summed E-state index contributed by atoms with van der Waals surface area (Å²) >= 11 is 5.23. The van der Waals surface area contributed by atoms with Crippen molar-refractivity contribution >= 4 is 27.3 Å². The van der Waals surface area contributed by atoms with Crippen LogP contribution in [-0.2, 0) is 6.42 Å². The van der Waals surface area contributed by atoms with Crippen LogP contribution in [0.4, 0.5) is 0 Å². The Morgan fingerprint density at radius 3 is 2.89 bits per heavy atom. The lowest BCUT2D eigenvalue weighted by Crippen LogP contribution is -2.22. The molecule has 0 aliphatic heterocycles. The Morgan fingerprint density at radius 2 is 2.32 bits per heavy atom. The van der Waals surface area contributed by atoms with Crippen LogP contribution < -0.4 is 10.1 Å². The van der Waals surface area contributed by atoms with Gasteiger partial charge in [-0.3, -0.25) is 0 Å². The Morgan fingerprint density at radius 1 is 1.47 bits per heavy atom. The van der Waals surface area contributed by atoms with Crippen molar-refractivity contribution in [1.29, 1.82) is 0 Å². The number of nitrogens with zero attached hydrogens (tertiary/aromatic N) is 1. The van der Waals surface area contributed by atoms with Crippen LogP contribution in [0.1, 0.15) is 23.5 Å². The second-order valence-corrected chi connectivity index (χ2v) is 5.97. The fraction of sp³-hybridized carbons (Fsp3) is 0.357. The van der Waals surface area contributed by atoms with Gasteiger partial charge in [0.15, 0.2) is 0 Å². The van der Waals surface area contributed by atoms with Gasteiger partial charge < -0.3 is 10.1 Å². The summed E-state index contributed by atoms with van der Waals surface area (Å²) in [6, 6.07) is 6.48. The first-order valence-corrected chi connectivity index (χ1v) is 7.87.